The highest BCUT2D eigenvalue weighted by Gasteiger charge is 2.45. The molecule has 0 saturated carbocycles. The van der Waals surface area contributed by atoms with E-state index < -0.39 is 52.8 Å². The lowest BCUT2D eigenvalue weighted by molar-refractivity contribution is -0.143. The van der Waals surface area contributed by atoms with Crippen LogP contribution in [0, 0.1) is 0 Å². The van der Waals surface area contributed by atoms with E-state index in [1.54, 1.807) is 0 Å². The summed E-state index contributed by atoms with van der Waals surface area (Å²) in [6, 6.07) is 5.58. The molecule has 3 rings (SSSR count). The summed E-state index contributed by atoms with van der Waals surface area (Å²) >= 11 is 0. The minimum atomic E-state index is -5.08. The van der Waals surface area contributed by atoms with Crippen molar-refractivity contribution in [2.45, 2.75) is 30.7 Å². The predicted molar refractivity (Wildman–Crippen MR) is 105 cm³/mol. The highest BCUT2D eigenvalue weighted by molar-refractivity contribution is 6.01. The van der Waals surface area contributed by atoms with Crippen molar-refractivity contribution < 1.29 is 41.0 Å². The molecule has 33 heavy (non-hydrogen) atoms. The first-order chi connectivity index (χ1) is 15.4. The first-order valence-electron chi connectivity index (χ1n) is 9.90. The van der Waals surface area contributed by atoms with Crippen LogP contribution in [-0.2, 0) is 17.1 Å². The Balaban J connectivity index is 2.22. The number of aliphatic hydroxyl groups excluding tert-OH is 1. The monoisotopic (exact) mass is 474 g/mol. The van der Waals surface area contributed by atoms with E-state index in [1.165, 1.54) is 31.3 Å². The van der Waals surface area contributed by atoms with Gasteiger partial charge in [-0.25, -0.2) is 0 Å². The molecule has 2 aromatic carbocycles. The van der Waals surface area contributed by atoms with Crippen molar-refractivity contribution in [3.8, 4) is 0 Å². The first kappa shape index (κ1) is 24.6. The molecule has 1 aliphatic heterocycles. The molecule has 0 unspecified atom stereocenters. The van der Waals surface area contributed by atoms with Gasteiger partial charge in [0.05, 0.1) is 23.1 Å². The number of halogens is 6. The van der Waals surface area contributed by atoms with E-state index in [0.717, 1.165) is 4.90 Å². The van der Waals surface area contributed by atoms with Crippen LogP contribution >= 0.6 is 0 Å². The van der Waals surface area contributed by atoms with Crippen LogP contribution < -0.4 is 5.32 Å². The van der Waals surface area contributed by atoms with Crippen molar-refractivity contribution in [2.75, 3.05) is 20.2 Å². The van der Waals surface area contributed by atoms with Gasteiger partial charge in [-0.2, -0.15) is 26.3 Å². The molecular weight excluding hydrogens is 454 g/mol. The second-order valence-electron chi connectivity index (χ2n) is 7.63. The number of aliphatic hydroxyl groups is 1. The molecule has 0 saturated heterocycles. The predicted octanol–water partition coefficient (Wildman–Crippen LogP) is 4.13. The van der Waals surface area contributed by atoms with Crippen LogP contribution in [0.2, 0.25) is 0 Å². The number of alkyl halides is 6. The SMILES string of the molecule is CN1C(=O)c2ccccc2[C@H](C(=O)NCCCO)[C@H]1c1cc(C(F)(F)F)cc(C(F)(F)F)c1. The number of hydrogen-bond acceptors (Lipinski definition) is 3. The second kappa shape index (κ2) is 9.05. The summed E-state index contributed by atoms with van der Waals surface area (Å²) in [5, 5.41) is 11.5. The number of amides is 2. The van der Waals surface area contributed by atoms with Gasteiger partial charge in [-0.05, 0) is 41.8 Å². The lowest BCUT2D eigenvalue weighted by atomic mass is 9.78. The third kappa shape index (κ3) is 4.97. The van der Waals surface area contributed by atoms with E-state index in [-0.39, 0.29) is 36.8 Å². The summed E-state index contributed by atoms with van der Waals surface area (Å²) in [5.41, 5.74) is -3.22. The number of fused-ring (bicyclic) bond motifs is 1. The third-order valence-electron chi connectivity index (χ3n) is 5.45. The molecule has 2 amide bonds. The van der Waals surface area contributed by atoms with Gasteiger partial charge in [0, 0.05) is 25.8 Å². The van der Waals surface area contributed by atoms with E-state index in [1.807, 2.05) is 0 Å². The topological polar surface area (TPSA) is 69.6 Å². The molecule has 0 radical (unpaired) electrons. The highest BCUT2D eigenvalue weighted by Crippen LogP contribution is 2.45. The number of benzene rings is 2. The molecule has 5 nitrogen and oxygen atoms in total. The standard InChI is InChI=1S/C22H20F6N2O3/c1-30-18(12-9-13(21(23,24)25)11-14(10-12)22(26,27)28)17(19(32)29-7-4-8-31)15-5-2-3-6-16(15)20(30)33/h2-3,5-6,9-11,17-18,31H,4,7-8H2,1H3,(H,29,32)/t17-,18+/m0/s1. The number of rotatable bonds is 5. The van der Waals surface area contributed by atoms with Crippen molar-refractivity contribution in [3.63, 3.8) is 0 Å². The average Bonchev–Trinajstić information content (AvgIpc) is 2.74. The minimum absolute atomic E-state index is 0.00157. The quantitative estimate of drug-likeness (QED) is 0.506. The normalized spacial score (nSPS) is 18.8. The molecule has 178 valence electrons. The highest BCUT2D eigenvalue weighted by atomic mass is 19.4. The fourth-order valence-corrected chi connectivity index (χ4v) is 3.92. The minimum Gasteiger partial charge on any atom is -0.396 e. The Morgan fingerprint density at radius 3 is 2.15 bits per heavy atom. The molecule has 1 aliphatic rings. The fraction of sp³-hybridized carbons (Fsp3) is 0.364. The van der Waals surface area contributed by atoms with Crippen LogP contribution in [-0.4, -0.2) is 42.0 Å². The number of likely N-dealkylation sites (N-methyl/N-ethyl adjacent to an activating group) is 1. The summed E-state index contributed by atoms with van der Waals surface area (Å²) in [5.74, 6) is -2.60. The lowest BCUT2D eigenvalue weighted by Crippen LogP contribution is -2.46. The summed E-state index contributed by atoms with van der Waals surface area (Å²) in [6.07, 6.45) is -9.96. The summed E-state index contributed by atoms with van der Waals surface area (Å²) in [6.45, 7) is -0.194. The van der Waals surface area contributed by atoms with E-state index >= 15 is 0 Å². The van der Waals surface area contributed by atoms with Gasteiger partial charge in [0.2, 0.25) is 5.91 Å². The van der Waals surface area contributed by atoms with Gasteiger partial charge in [-0.3, -0.25) is 9.59 Å². The number of carbonyl (C=O) groups is 2. The van der Waals surface area contributed by atoms with Crippen LogP contribution in [0.5, 0.6) is 0 Å². The molecule has 1 heterocycles. The van der Waals surface area contributed by atoms with E-state index in [2.05, 4.69) is 5.32 Å². The Labute approximate surface area is 185 Å². The van der Waals surface area contributed by atoms with E-state index in [9.17, 15) is 35.9 Å². The molecule has 11 heteroatoms. The smallest absolute Gasteiger partial charge is 0.396 e. The van der Waals surface area contributed by atoms with Crippen molar-refractivity contribution in [1.82, 2.24) is 10.2 Å². The average molecular weight is 474 g/mol. The van der Waals surface area contributed by atoms with Gasteiger partial charge in [-0.1, -0.05) is 18.2 Å². The van der Waals surface area contributed by atoms with Gasteiger partial charge in [0.1, 0.15) is 0 Å². The summed E-state index contributed by atoms with van der Waals surface area (Å²) in [4.78, 5) is 26.9. The lowest BCUT2D eigenvalue weighted by Gasteiger charge is -2.40. The Morgan fingerprint density at radius 2 is 1.61 bits per heavy atom. The van der Waals surface area contributed by atoms with Crippen molar-refractivity contribution in [1.29, 1.82) is 0 Å². The van der Waals surface area contributed by atoms with Crippen molar-refractivity contribution >= 4 is 11.8 Å². The molecule has 0 aromatic heterocycles. The zero-order valence-electron chi connectivity index (χ0n) is 17.3. The Kier molecular flexibility index (Phi) is 6.73. The Bertz CT molecular complexity index is 1020. The summed E-state index contributed by atoms with van der Waals surface area (Å²) < 4.78 is 80.6. The molecule has 2 N–H and O–H groups in total. The molecule has 0 spiro atoms. The number of nitrogens with zero attached hydrogens (tertiary/aromatic N) is 1. The van der Waals surface area contributed by atoms with Gasteiger partial charge in [0.25, 0.3) is 5.91 Å². The van der Waals surface area contributed by atoms with Crippen molar-refractivity contribution in [2.24, 2.45) is 0 Å². The van der Waals surface area contributed by atoms with Crippen LogP contribution in [0.4, 0.5) is 26.3 Å². The zero-order valence-corrected chi connectivity index (χ0v) is 17.3. The number of nitrogens with one attached hydrogen (secondary N) is 1. The van der Waals surface area contributed by atoms with Crippen LogP contribution in [0.15, 0.2) is 42.5 Å². The maximum absolute atomic E-state index is 13.4. The largest absolute Gasteiger partial charge is 0.416 e. The van der Waals surface area contributed by atoms with E-state index in [4.69, 9.17) is 5.11 Å². The number of hydrogen-bond donors (Lipinski definition) is 2. The fourth-order valence-electron chi connectivity index (χ4n) is 3.92. The van der Waals surface area contributed by atoms with Gasteiger partial charge in [0.15, 0.2) is 0 Å². The summed E-state index contributed by atoms with van der Waals surface area (Å²) in [7, 11) is 1.23. The van der Waals surface area contributed by atoms with Crippen LogP contribution in [0.3, 0.4) is 0 Å². The van der Waals surface area contributed by atoms with Gasteiger partial charge >= 0.3 is 12.4 Å². The third-order valence-corrected chi connectivity index (χ3v) is 5.45. The van der Waals surface area contributed by atoms with Crippen molar-refractivity contribution in [3.05, 3.63) is 70.3 Å². The first-order valence-corrected chi connectivity index (χ1v) is 9.90. The van der Waals surface area contributed by atoms with Crippen LogP contribution in [0.25, 0.3) is 0 Å². The van der Waals surface area contributed by atoms with Crippen LogP contribution in [0.1, 0.15) is 51.0 Å². The maximum Gasteiger partial charge on any atom is 0.416 e. The molecule has 0 aliphatic carbocycles. The number of carbonyl (C=O) groups excluding carboxylic acids is 2. The molecule has 0 bridgehead atoms. The molecule has 2 atom stereocenters. The Hall–Kier alpha value is -3.08. The Morgan fingerprint density at radius 1 is 1.03 bits per heavy atom. The zero-order chi connectivity index (χ0) is 24.6. The van der Waals surface area contributed by atoms with Gasteiger partial charge in [-0.15, -0.1) is 0 Å². The molecule has 0 fully saturated rings. The maximum atomic E-state index is 13.4. The van der Waals surface area contributed by atoms with Gasteiger partial charge < -0.3 is 15.3 Å². The molecular formula is C22H20F6N2O3. The second-order valence-corrected chi connectivity index (χ2v) is 7.63. The van der Waals surface area contributed by atoms with E-state index in [0.29, 0.717) is 12.1 Å². The molecule has 2 aromatic rings.